The van der Waals surface area contributed by atoms with E-state index in [0.29, 0.717) is 6.54 Å². The van der Waals surface area contributed by atoms with Crippen LogP contribution in [0.4, 0.5) is 11.5 Å². The number of hydrogen-bond donors (Lipinski definition) is 1. The third-order valence-corrected chi connectivity index (χ3v) is 2.95. The first-order valence-corrected chi connectivity index (χ1v) is 6.52. The van der Waals surface area contributed by atoms with E-state index in [4.69, 9.17) is 0 Å². The Morgan fingerprint density at radius 3 is 2.37 bits per heavy atom. The second kappa shape index (κ2) is 6.68. The molecule has 0 aliphatic heterocycles. The van der Waals surface area contributed by atoms with Crippen molar-refractivity contribution in [2.75, 3.05) is 23.3 Å². The second-order valence-corrected chi connectivity index (χ2v) is 4.18. The molecule has 1 N–H and O–H groups in total. The van der Waals surface area contributed by atoms with Crippen LogP contribution in [0.25, 0.3) is 0 Å². The average molecular weight is 257 g/mol. The lowest BCUT2D eigenvalue weighted by Crippen LogP contribution is -2.22. The summed E-state index contributed by atoms with van der Waals surface area (Å²) in [5.74, 6) is 1.01. The third kappa shape index (κ3) is 3.64. The number of nitrogens with one attached hydrogen (secondary N) is 1. The minimum Gasteiger partial charge on any atom is -0.380 e. The quantitative estimate of drug-likeness (QED) is 0.860. The molecule has 2 aromatic heterocycles. The third-order valence-electron chi connectivity index (χ3n) is 2.95. The second-order valence-electron chi connectivity index (χ2n) is 4.18. The van der Waals surface area contributed by atoms with Crippen molar-refractivity contribution >= 4 is 11.5 Å². The van der Waals surface area contributed by atoms with Gasteiger partial charge in [-0.2, -0.15) is 0 Å². The molecule has 0 aliphatic rings. The van der Waals surface area contributed by atoms with Crippen molar-refractivity contribution in [1.29, 1.82) is 0 Å². The molecule has 0 radical (unpaired) electrons. The predicted molar refractivity (Wildman–Crippen MR) is 77.2 cm³/mol. The summed E-state index contributed by atoms with van der Waals surface area (Å²) >= 11 is 0. The maximum Gasteiger partial charge on any atom is 0.128 e. The lowest BCUT2D eigenvalue weighted by Gasteiger charge is -2.19. The zero-order chi connectivity index (χ0) is 13.5. The average Bonchev–Trinajstić information content (AvgIpc) is 2.49. The molecule has 0 aromatic carbocycles. The maximum atomic E-state index is 4.47. The summed E-state index contributed by atoms with van der Waals surface area (Å²) in [4.78, 5) is 14.6. The molecule has 2 aromatic rings. The summed E-state index contributed by atoms with van der Waals surface area (Å²) in [7, 11) is 0. The SMILES string of the molecule is CCN(CC)c1ccc(NCc2cncnc2)cn1. The highest BCUT2D eigenvalue weighted by Gasteiger charge is 2.02. The Morgan fingerprint density at radius 1 is 1.05 bits per heavy atom. The number of nitrogens with zero attached hydrogens (tertiary/aromatic N) is 4. The van der Waals surface area contributed by atoms with Crippen molar-refractivity contribution < 1.29 is 0 Å². The Kier molecular flexibility index (Phi) is 4.66. The topological polar surface area (TPSA) is 53.9 Å². The van der Waals surface area contributed by atoms with Crippen molar-refractivity contribution in [3.63, 3.8) is 0 Å². The van der Waals surface area contributed by atoms with Crippen LogP contribution in [0.3, 0.4) is 0 Å². The number of rotatable bonds is 6. The summed E-state index contributed by atoms with van der Waals surface area (Å²) in [5, 5.41) is 3.30. The lowest BCUT2D eigenvalue weighted by molar-refractivity contribution is 0.846. The van der Waals surface area contributed by atoms with E-state index in [-0.39, 0.29) is 0 Å². The van der Waals surface area contributed by atoms with E-state index >= 15 is 0 Å². The smallest absolute Gasteiger partial charge is 0.128 e. The molecule has 2 rings (SSSR count). The molecule has 0 spiro atoms. The molecule has 100 valence electrons. The molecule has 5 heteroatoms. The van der Waals surface area contributed by atoms with Gasteiger partial charge in [-0.3, -0.25) is 0 Å². The first-order chi connectivity index (χ1) is 9.33. The normalized spacial score (nSPS) is 10.2. The van der Waals surface area contributed by atoms with Crippen LogP contribution < -0.4 is 10.2 Å². The van der Waals surface area contributed by atoms with Crippen LogP contribution in [0.15, 0.2) is 37.1 Å². The minimum absolute atomic E-state index is 0.702. The highest BCUT2D eigenvalue weighted by Crippen LogP contribution is 2.14. The number of hydrogen-bond acceptors (Lipinski definition) is 5. The molecule has 2 heterocycles. The van der Waals surface area contributed by atoms with Crippen molar-refractivity contribution in [3.8, 4) is 0 Å². The molecule has 0 aliphatic carbocycles. The maximum absolute atomic E-state index is 4.47. The van der Waals surface area contributed by atoms with Gasteiger partial charge in [-0.15, -0.1) is 0 Å². The fourth-order valence-corrected chi connectivity index (χ4v) is 1.85. The van der Waals surface area contributed by atoms with Gasteiger partial charge in [-0.05, 0) is 26.0 Å². The fraction of sp³-hybridized carbons (Fsp3) is 0.357. The summed E-state index contributed by atoms with van der Waals surface area (Å²) in [6.07, 6.45) is 7.00. The molecule has 0 unspecified atom stereocenters. The van der Waals surface area contributed by atoms with Gasteiger partial charge in [-0.25, -0.2) is 15.0 Å². The molecule has 0 saturated heterocycles. The van der Waals surface area contributed by atoms with Crippen LogP contribution in [0.5, 0.6) is 0 Å². The van der Waals surface area contributed by atoms with Gasteiger partial charge in [0.15, 0.2) is 0 Å². The molecular formula is C14H19N5. The van der Waals surface area contributed by atoms with Crippen molar-refractivity contribution in [3.05, 3.63) is 42.6 Å². The number of anilines is 2. The molecule has 0 saturated carbocycles. The predicted octanol–water partition coefficient (Wildman–Crippen LogP) is 2.33. The van der Waals surface area contributed by atoms with Gasteiger partial charge in [-0.1, -0.05) is 0 Å². The van der Waals surface area contributed by atoms with Gasteiger partial charge < -0.3 is 10.2 Å². The summed E-state index contributed by atoms with van der Waals surface area (Å²) < 4.78 is 0. The van der Waals surface area contributed by atoms with Gasteiger partial charge >= 0.3 is 0 Å². The molecule has 0 amide bonds. The first kappa shape index (κ1) is 13.3. The van der Waals surface area contributed by atoms with Crippen LogP contribution in [0, 0.1) is 0 Å². The largest absolute Gasteiger partial charge is 0.380 e. The number of aromatic nitrogens is 3. The molecule has 5 nitrogen and oxygen atoms in total. The Balaban J connectivity index is 1.95. The fourth-order valence-electron chi connectivity index (χ4n) is 1.85. The summed E-state index contributed by atoms with van der Waals surface area (Å²) in [6, 6.07) is 4.08. The highest BCUT2D eigenvalue weighted by atomic mass is 15.2. The molecule has 0 fully saturated rings. The highest BCUT2D eigenvalue weighted by molar-refractivity contribution is 5.48. The summed E-state index contributed by atoms with van der Waals surface area (Å²) in [6.45, 7) is 6.90. The van der Waals surface area contributed by atoms with Crippen LogP contribution in [0.2, 0.25) is 0 Å². The first-order valence-electron chi connectivity index (χ1n) is 6.52. The zero-order valence-corrected chi connectivity index (χ0v) is 11.4. The van der Waals surface area contributed by atoms with E-state index < -0.39 is 0 Å². The van der Waals surface area contributed by atoms with Crippen molar-refractivity contribution in [1.82, 2.24) is 15.0 Å². The lowest BCUT2D eigenvalue weighted by atomic mass is 10.3. The monoisotopic (exact) mass is 257 g/mol. The van der Waals surface area contributed by atoms with E-state index in [0.717, 1.165) is 30.2 Å². The van der Waals surface area contributed by atoms with Crippen LogP contribution in [0.1, 0.15) is 19.4 Å². The van der Waals surface area contributed by atoms with Gasteiger partial charge in [0, 0.05) is 37.6 Å². The van der Waals surface area contributed by atoms with Crippen molar-refractivity contribution in [2.24, 2.45) is 0 Å². The molecular weight excluding hydrogens is 238 g/mol. The van der Waals surface area contributed by atoms with E-state index in [2.05, 4.69) is 39.0 Å². The Labute approximate surface area is 113 Å². The van der Waals surface area contributed by atoms with Gasteiger partial charge in [0.1, 0.15) is 12.1 Å². The molecule has 19 heavy (non-hydrogen) atoms. The van der Waals surface area contributed by atoms with Crippen LogP contribution in [-0.4, -0.2) is 28.0 Å². The van der Waals surface area contributed by atoms with Crippen molar-refractivity contribution in [2.45, 2.75) is 20.4 Å². The van der Waals surface area contributed by atoms with E-state index in [1.807, 2.05) is 18.3 Å². The molecule has 0 bridgehead atoms. The number of pyridine rings is 1. The van der Waals surface area contributed by atoms with Gasteiger partial charge in [0.25, 0.3) is 0 Å². The van der Waals surface area contributed by atoms with Crippen LogP contribution >= 0.6 is 0 Å². The Morgan fingerprint density at radius 2 is 1.79 bits per heavy atom. The Hall–Kier alpha value is -2.17. The van der Waals surface area contributed by atoms with Gasteiger partial charge in [0.2, 0.25) is 0 Å². The minimum atomic E-state index is 0.702. The zero-order valence-electron chi connectivity index (χ0n) is 11.4. The van der Waals surface area contributed by atoms with E-state index in [9.17, 15) is 0 Å². The molecule has 0 atom stereocenters. The standard InChI is InChI=1S/C14H19N5/c1-3-19(4-2)14-6-5-13(10-18-14)17-9-12-7-15-11-16-8-12/h5-8,10-11,17H,3-4,9H2,1-2H3. The van der Waals surface area contributed by atoms with Crippen LogP contribution in [-0.2, 0) is 6.54 Å². The van der Waals surface area contributed by atoms with Gasteiger partial charge in [0.05, 0.1) is 11.9 Å². The summed E-state index contributed by atoms with van der Waals surface area (Å²) in [5.41, 5.74) is 2.05. The van der Waals surface area contributed by atoms with E-state index in [1.165, 1.54) is 6.33 Å². The van der Waals surface area contributed by atoms with E-state index in [1.54, 1.807) is 12.4 Å². The Bertz CT molecular complexity index is 479.